The summed E-state index contributed by atoms with van der Waals surface area (Å²) in [5.41, 5.74) is 6.47. The van der Waals surface area contributed by atoms with E-state index < -0.39 is 0 Å². The molecular formula is C14H22N2O2. The van der Waals surface area contributed by atoms with Gasteiger partial charge in [0, 0.05) is 13.2 Å². The minimum atomic E-state index is -0.0716. The average molecular weight is 250 g/mol. The van der Waals surface area contributed by atoms with E-state index in [-0.39, 0.29) is 12.5 Å². The van der Waals surface area contributed by atoms with Crippen molar-refractivity contribution in [3.63, 3.8) is 0 Å². The fourth-order valence-electron chi connectivity index (χ4n) is 1.54. The van der Waals surface area contributed by atoms with Crippen LogP contribution in [0.15, 0.2) is 30.3 Å². The molecule has 0 saturated carbocycles. The lowest BCUT2D eigenvalue weighted by Gasteiger charge is -2.06. The van der Waals surface area contributed by atoms with E-state index >= 15 is 0 Å². The Morgan fingerprint density at radius 3 is 2.67 bits per heavy atom. The number of carbonyl (C=O) groups is 1. The van der Waals surface area contributed by atoms with Crippen molar-refractivity contribution in [2.24, 2.45) is 5.73 Å². The number of nitrogens with one attached hydrogen (secondary N) is 1. The second kappa shape index (κ2) is 9.62. The highest BCUT2D eigenvalue weighted by atomic mass is 16.5. The van der Waals surface area contributed by atoms with Gasteiger partial charge in [0.1, 0.15) is 6.61 Å². The highest BCUT2D eigenvalue weighted by molar-refractivity contribution is 5.77. The van der Waals surface area contributed by atoms with Crippen LogP contribution in [0.5, 0.6) is 0 Å². The zero-order chi connectivity index (χ0) is 13.1. The molecule has 0 heterocycles. The maximum atomic E-state index is 11.4. The summed E-state index contributed by atoms with van der Waals surface area (Å²) in [6.45, 7) is 2.03. The van der Waals surface area contributed by atoms with E-state index in [0.29, 0.717) is 13.2 Å². The Morgan fingerprint density at radius 2 is 1.94 bits per heavy atom. The largest absolute Gasteiger partial charge is 0.372 e. The van der Waals surface area contributed by atoms with Gasteiger partial charge >= 0.3 is 0 Å². The van der Waals surface area contributed by atoms with Gasteiger partial charge < -0.3 is 15.8 Å². The van der Waals surface area contributed by atoms with Crippen molar-refractivity contribution in [1.82, 2.24) is 5.32 Å². The summed E-state index contributed by atoms with van der Waals surface area (Å²) in [6, 6.07) is 9.82. The van der Waals surface area contributed by atoms with Crippen LogP contribution in [0, 0.1) is 0 Å². The molecule has 1 rings (SSSR count). The Hall–Kier alpha value is -1.39. The van der Waals surface area contributed by atoms with Crippen LogP contribution in [0.4, 0.5) is 0 Å². The number of unbranched alkanes of at least 4 members (excludes halogenated alkanes) is 2. The molecule has 0 aliphatic rings. The summed E-state index contributed by atoms with van der Waals surface area (Å²) in [5.74, 6) is -0.0716. The molecule has 0 fully saturated rings. The molecule has 4 heteroatoms. The highest BCUT2D eigenvalue weighted by Crippen LogP contribution is 1.97. The van der Waals surface area contributed by atoms with Crippen molar-refractivity contribution in [3.05, 3.63) is 35.9 Å². The quantitative estimate of drug-likeness (QED) is 0.652. The molecule has 0 bridgehead atoms. The lowest BCUT2D eigenvalue weighted by molar-refractivity contribution is -0.125. The number of carbonyl (C=O) groups excluding carboxylic acids is 1. The Morgan fingerprint density at radius 1 is 1.17 bits per heavy atom. The normalized spacial score (nSPS) is 10.3. The monoisotopic (exact) mass is 250 g/mol. The van der Waals surface area contributed by atoms with Crippen LogP contribution < -0.4 is 11.1 Å². The zero-order valence-corrected chi connectivity index (χ0v) is 10.7. The molecule has 0 unspecified atom stereocenters. The van der Waals surface area contributed by atoms with Crippen LogP contribution in [-0.4, -0.2) is 25.7 Å². The van der Waals surface area contributed by atoms with Crippen LogP contribution in [0.2, 0.25) is 0 Å². The number of benzene rings is 1. The van der Waals surface area contributed by atoms with E-state index in [0.717, 1.165) is 31.4 Å². The third kappa shape index (κ3) is 7.04. The van der Waals surface area contributed by atoms with E-state index in [9.17, 15) is 4.79 Å². The molecular weight excluding hydrogens is 228 g/mol. The second-order valence-corrected chi connectivity index (χ2v) is 4.16. The number of ether oxygens (including phenoxy) is 1. The Bertz CT molecular complexity index is 328. The molecule has 0 aromatic heterocycles. The molecule has 18 heavy (non-hydrogen) atoms. The van der Waals surface area contributed by atoms with E-state index in [2.05, 4.69) is 5.32 Å². The van der Waals surface area contributed by atoms with E-state index in [1.54, 1.807) is 0 Å². The first-order valence-corrected chi connectivity index (χ1v) is 6.41. The zero-order valence-electron chi connectivity index (χ0n) is 10.7. The summed E-state index contributed by atoms with van der Waals surface area (Å²) in [6.07, 6.45) is 3.04. The predicted molar refractivity (Wildman–Crippen MR) is 72.0 cm³/mol. The minimum Gasteiger partial charge on any atom is -0.372 e. The number of hydrogen-bond acceptors (Lipinski definition) is 3. The Kier molecular flexibility index (Phi) is 7.84. The molecule has 100 valence electrons. The van der Waals surface area contributed by atoms with Crippen molar-refractivity contribution in [1.29, 1.82) is 0 Å². The molecule has 0 saturated heterocycles. The van der Waals surface area contributed by atoms with Gasteiger partial charge in [0.05, 0.1) is 0 Å². The lowest BCUT2D eigenvalue weighted by Crippen LogP contribution is -2.27. The van der Waals surface area contributed by atoms with Gasteiger partial charge in [-0.3, -0.25) is 4.79 Å². The molecule has 4 nitrogen and oxygen atoms in total. The van der Waals surface area contributed by atoms with Gasteiger partial charge in [0.15, 0.2) is 0 Å². The maximum Gasteiger partial charge on any atom is 0.246 e. The van der Waals surface area contributed by atoms with E-state index in [1.807, 2.05) is 30.3 Å². The van der Waals surface area contributed by atoms with Crippen molar-refractivity contribution < 1.29 is 9.53 Å². The number of hydrogen-bond donors (Lipinski definition) is 2. The van der Waals surface area contributed by atoms with Gasteiger partial charge in [0.2, 0.25) is 5.91 Å². The predicted octanol–water partition coefficient (Wildman–Crippen LogP) is 1.45. The van der Waals surface area contributed by atoms with Gasteiger partial charge in [0.25, 0.3) is 0 Å². The first kappa shape index (κ1) is 14.7. The molecule has 1 amide bonds. The van der Waals surface area contributed by atoms with Crippen molar-refractivity contribution in [3.8, 4) is 0 Å². The first-order chi connectivity index (χ1) is 8.83. The Balaban J connectivity index is 2.01. The number of nitrogens with two attached hydrogens (primary N) is 1. The van der Waals surface area contributed by atoms with E-state index in [1.165, 1.54) is 0 Å². The summed E-state index contributed by atoms with van der Waals surface area (Å²) in [5, 5.41) is 2.82. The molecule has 3 N–H and O–H groups in total. The van der Waals surface area contributed by atoms with Gasteiger partial charge in [-0.2, -0.15) is 0 Å². The molecule has 0 aliphatic heterocycles. The van der Waals surface area contributed by atoms with Crippen LogP contribution >= 0.6 is 0 Å². The SMILES string of the molecule is NCCCCCOCC(=O)NCc1ccccc1. The van der Waals surface area contributed by atoms with Gasteiger partial charge in [-0.1, -0.05) is 30.3 Å². The summed E-state index contributed by atoms with van der Waals surface area (Å²) in [4.78, 5) is 11.4. The summed E-state index contributed by atoms with van der Waals surface area (Å²) in [7, 11) is 0. The fraction of sp³-hybridized carbons (Fsp3) is 0.500. The van der Waals surface area contributed by atoms with Crippen LogP contribution in [0.3, 0.4) is 0 Å². The molecule has 1 aromatic carbocycles. The Labute approximate surface area is 109 Å². The van der Waals surface area contributed by atoms with Gasteiger partial charge in [-0.05, 0) is 31.4 Å². The standard InChI is InChI=1S/C14H22N2O2/c15-9-5-2-6-10-18-12-14(17)16-11-13-7-3-1-4-8-13/h1,3-4,7-8H,2,5-6,9-12,15H2,(H,16,17). The highest BCUT2D eigenvalue weighted by Gasteiger charge is 2.00. The molecule has 0 radical (unpaired) electrons. The third-order valence-electron chi connectivity index (χ3n) is 2.56. The third-order valence-corrected chi connectivity index (χ3v) is 2.56. The first-order valence-electron chi connectivity index (χ1n) is 6.41. The summed E-state index contributed by atoms with van der Waals surface area (Å²) >= 11 is 0. The fourth-order valence-corrected chi connectivity index (χ4v) is 1.54. The summed E-state index contributed by atoms with van der Waals surface area (Å²) < 4.78 is 5.28. The maximum absolute atomic E-state index is 11.4. The molecule has 0 aliphatic carbocycles. The van der Waals surface area contributed by atoms with Crippen LogP contribution in [0.1, 0.15) is 24.8 Å². The lowest BCUT2D eigenvalue weighted by atomic mass is 10.2. The second-order valence-electron chi connectivity index (χ2n) is 4.16. The molecule has 0 atom stereocenters. The van der Waals surface area contributed by atoms with Crippen molar-refractivity contribution >= 4 is 5.91 Å². The van der Waals surface area contributed by atoms with Gasteiger partial charge in [-0.25, -0.2) is 0 Å². The van der Waals surface area contributed by atoms with Crippen molar-refractivity contribution in [2.75, 3.05) is 19.8 Å². The topological polar surface area (TPSA) is 64.3 Å². The van der Waals surface area contributed by atoms with E-state index in [4.69, 9.17) is 10.5 Å². The van der Waals surface area contributed by atoms with Crippen LogP contribution in [-0.2, 0) is 16.1 Å². The average Bonchev–Trinajstić information content (AvgIpc) is 2.41. The van der Waals surface area contributed by atoms with Crippen molar-refractivity contribution in [2.45, 2.75) is 25.8 Å². The number of amides is 1. The van der Waals surface area contributed by atoms with Crippen LogP contribution in [0.25, 0.3) is 0 Å². The van der Waals surface area contributed by atoms with Gasteiger partial charge in [-0.15, -0.1) is 0 Å². The molecule has 0 spiro atoms. The smallest absolute Gasteiger partial charge is 0.246 e. The number of rotatable bonds is 9. The minimum absolute atomic E-state index is 0.0716. The molecule has 1 aromatic rings.